The molecule has 0 unspecified atom stereocenters. The highest BCUT2D eigenvalue weighted by Gasteiger charge is 2.12. The first-order chi connectivity index (χ1) is 9.52. The average Bonchev–Trinajstić information content (AvgIpc) is 2.43. The molecule has 0 spiro atoms. The molecule has 1 aromatic carbocycles. The molecule has 0 aliphatic rings. The Morgan fingerprint density at radius 2 is 1.80 bits per heavy atom. The van der Waals surface area contributed by atoms with Crippen molar-refractivity contribution >= 4 is 35.1 Å². The van der Waals surface area contributed by atoms with E-state index in [4.69, 9.17) is 32.7 Å². The summed E-state index contributed by atoms with van der Waals surface area (Å²) in [4.78, 5) is 22.2. The molecule has 0 aliphatic carbocycles. The summed E-state index contributed by atoms with van der Waals surface area (Å²) in [5.41, 5.74) is 0.940. The summed E-state index contributed by atoms with van der Waals surface area (Å²) < 4.78 is 9.95. The molecular formula is C14H16Cl2O4. The average molecular weight is 319 g/mol. The van der Waals surface area contributed by atoms with Crippen molar-refractivity contribution < 1.29 is 19.1 Å². The summed E-state index contributed by atoms with van der Waals surface area (Å²) in [5, 5.41) is 0. The van der Waals surface area contributed by atoms with Gasteiger partial charge in [-0.3, -0.25) is 9.59 Å². The quantitative estimate of drug-likeness (QED) is 0.440. The van der Waals surface area contributed by atoms with Gasteiger partial charge in [-0.2, -0.15) is 0 Å². The third-order valence-corrected chi connectivity index (χ3v) is 2.73. The van der Waals surface area contributed by atoms with Gasteiger partial charge in [0.2, 0.25) is 0 Å². The third-order valence-electron chi connectivity index (χ3n) is 2.48. The van der Waals surface area contributed by atoms with E-state index in [0.29, 0.717) is 5.75 Å². The van der Waals surface area contributed by atoms with Crippen LogP contribution in [0.2, 0.25) is 0 Å². The number of carbonyl (C=O) groups is 2. The van der Waals surface area contributed by atoms with Crippen LogP contribution in [0.15, 0.2) is 24.3 Å². The minimum absolute atomic E-state index is 0.0495. The standard InChI is InChI=1S/C14H16Cl2O4/c1-2-10-5-3-4-6-11(10)20-14(18)8-7-13(17)19-9-12(15)16/h3-6,12H,2,7-9H2,1H3. The van der Waals surface area contributed by atoms with Crippen LogP contribution in [0.25, 0.3) is 0 Å². The molecule has 4 nitrogen and oxygen atoms in total. The van der Waals surface area contributed by atoms with E-state index in [1.54, 1.807) is 12.1 Å². The first-order valence-electron chi connectivity index (χ1n) is 6.25. The van der Waals surface area contributed by atoms with Gasteiger partial charge < -0.3 is 9.47 Å². The minimum atomic E-state index is -0.762. The van der Waals surface area contributed by atoms with E-state index >= 15 is 0 Å². The van der Waals surface area contributed by atoms with Gasteiger partial charge in [-0.15, -0.1) is 23.2 Å². The summed E-state index contributed by atoms with van der Waals surface area (Å²) in [6.45, 7) is 1.88. The molecule has 1 aromatic rings. The smallest absolute Gasteiger partial charge is 0.311 e. The first-order valence-corrected chi connectivity index (χ1v) is 7.12. The number of hydrogen-bond acceptors (Lipinski definition) is 4. The maximum absolute atomic E-state index is 11.6. The van der Waals surface area contributed by atoms with Crippen molar-refractivity contribution in [3.05, 3.63) is 29.8 Å². The maximum atomic E-state index is 11.6. The van der Waals surface area contributed by atoms with Gasteiger partial charge in [0.05, 0.1) is 12.8 Å². The van der Waals surface area contributed by atoms with Gasteiger partial charge in [-0.05, 0) is 18.1 Å². The fourth-order valence-electron chi connectivity index (χ4n) is 1.50. The molecule has 0 radical (unpaired) electrons. The lowest BCUT2D eigenvalue weighted by Crippen LogP contribution is -2.15. The van der Waals surface area contributed by atoms with Gasteiger partial charge >= 0.3 is 11.9 Å². The number of esters is 2. The van der Waals surface area contributed by atoms with Gasteiger partial charge in [0.15, 0.2) is 0 Å². The van der Waals surface area contributed by atoms with E-state index in [2.05, 4.69) is 0 Å². The summed E-state index contributed by atoms with van der Waals surface area (Å²) in [6.07, 6.45) is 0.651. The molecule has 6 heteroatoms. The normalized spacial score (nSPS) is 10.4. The van der Waals surface area contributed by atoms with Crippen LogP contribution in [-0.4, -0.2) is 23.4 Å². The summed E-state index contributed by atoms with van der Waals surface area (Å²) in [6, 6.07) is 7.28. The lowest BCUT2D eigenvalue weighted by molar-refractivity contribution is -0.146. The molecule has 0 N–H and O–H groups in total. The van der Waals surface area contributed by atoms with Gasteiger partial charge in [-0.25, -0.2) is 0 Å². The second kappa shape index (κ2) is 8.82. The van der Waals surface area contributed by atoms with E-state index in [9.17, 15) is 9.59 Å². The van der Waals surface area contributed by atoms with Crippen LogP contribution in [0.5, 0.6) is 5.75 Å². The number of hydrogen-bond donors (Lipinski definition) is 0. The predicted octanol–water partition coefficient (Wildman–Crippen LogP) is 3.28. The molecule has 0 saturated carbocycles. The largest absolute Gasteiger partial charge is 0.463 e. The highest BCUT2D eigenvalue weighted by atomic mass is 35.5. The highest BCUT2D eigenvalue weighted by Crippen LogP contribution is 2.19. The van der Waals surface area contributed by atoms with Gasteiger partial charge in [0.25, 0.3) is 0 Å². The zero-order valence-corrected chi connectivity index (χ0v) is 12.6. The van der Waals surface area contributed by atoms with Crippen LogP contribution in [0.4, 0.5) is 0 Å². The molecule has 0 fully saturated rings. The summed E-state index contributed by atoms with van der Waals surface area (Å²) in [7, 11) is 0. The van der Waals surface area contributed by atoms with Crippen LogP contribution < -0.4 is 4.74 Å². The number of aryl methyl sites for hydroxylation is 1. The number of rotatable bonds is 7. The van der Waals surface area contributed by atoms with Crippen molar-refractivity contribution in [2.24, 2.45) is 0 Å². The van der Waals surface area contributed by atoms with Crippen molar-refractivity contribution in [2.45, 2.75) is 31.0 Å². The number of benzene rings is 1. The SMILES string of the molecule is CCc1ccccc1OC(=O)CCC(=O)OCC(Cl)Cl. The number of halogens is 2. The summed E-state index contributed by atoms with van der Waals surface area (Å²) in [5.74, 6) is -0.483. The Morgan fingerprint density at radius 1 is 1.15 bits per heavy atom. The third kappa shape index (κ3) is 6.26. The molecule has 0 heterocycles. The molecule has 20 heavy (non-hydrogen) atoms. The molecule has 0 bridgehead atoms. The zero-order chi connectivity index (χ0) is 15.0. The Kier molecular flexibility index (Phi) is 7.41. The maximum Gasteiger partial charge on any atom is 0.311 e. The predicted molar refractivity (Wildman–Crippen MR) is 77.1 cm³/mol. The van der Waals surface area contributed by atoms with Crippen LogP contribution in [0.1, 0.15) is 25.3 Å². The minimum Gasteiger partial charge on any atom is -0.463 e. The number of carbonyl (C=O) groups excluding carboxylic acids is 2. The van der Waals surface area contributed by atoms with Crippen LogP contribution in [0, 0.1) is 0 Å². The van der Waals surface area contributed by atoms with Crippen molar-refractivity contribution in [1.82, 2.24) is 0 Å². The van der Waals surface area contributed by atoms with E-state index in [1.165, 1.54) is 0 Å². The van der Waals surface area contributed by atoms with Crippen LogP contribution >= 0.6 is 23.2 Å². The van der Waals surface area contributed by atoms with Gasteiger partial charge in [0, 0.05) is 0 Å². The van der Waals surface area contributed by atoms with Crippen molar-refractivity contribution in [3.63, 3.8) is 0 Å². The highest BCUT2D eigenvalue weighted by molar-refractivity contribution is 6.44. The molecule has 0 aromatic heterocycles. The molecule has 0 saturated heterocycles. The number of ether oxygens (including phenoxy) is 2. The number of para-hydroxylation sites is 1. The molecule has 1 rings (SSSR count). The lowest BCUT2D eigenvalue weighted by Gasteiger charge is -2.08. The van der Waals surface area contributed by atoms with Crippen molar-refractivity contribution in [3.8, 4) is 5.75 Å². The lowest BCUT2D eigenvalue weighted by atomic mass is 10.1. The Bertz CT molecular complexity index is 460. The second-order valence-electron chi connectivity index (χ2n) is 4.01. The second-order valence-corrected chi connectivity index (χ2v) is 5.29. The van der Waals surface area contributed by atoms with E-state index in [-0.39, 0.29) is 19.4 Å². The molecule has 110 valence electrons. The van der Waals surface area contributed by atoms with E-state index < -0.39 is 16.8 Å². The van der Waals surface area contributed by atoms with Gasteiger partial charge in [0.1, 0.15) is 17.2 Å². The van der Waals surface area contributed by atoms with Crippen LogP contribution in [0.3, 0.4) is 0 Å². The number of alkyl halides is 2. The zero-order valence-electron chi connectivity index (χ0n) is 11.1. The molecule has 0 aliphatic heterocycles. The molecule has 0 amide bonds. The van der Waals surface area contributed by atoms with Crippen molar-refractivity contribution in [1.29, 1.82) is 0 Å². The van der Waals surface area contributed by atoms with Crippen molar-refractivity contribution in [2.75, 3.05) is 6.61 Å². The molecule has 0 atom stereocenters. The fraction of sp³-hybridized carbons (Fsp3) is 0.429. The monoisotopic (exact) mass is 318 g/mol. The van der Waals surface area contributed by atoms with E-state index in [1.807, 2.05) is 19.1 Å². The first kappa shape index (κ1) is 16.8. The summed E-state index contributed by atoms with van der Waals surface area (Å²) >= 11 is 10.8. The fourth-order valence-corrected chi connectivity index (χ4v) is 1.63. The molecular weight excluding hydrogens is 303 g/mol. The van der Waals surface area contributed by atoms with Gasteiger partial charge in [-0.1, -0.05) is 25.1 Å². The topological polar surface area (TPSA) is 52.6 Å². The van der Waals surface area contributed by atoms with Crippen LogP contribution in [-0.2, 0) is 20.7 Å². The Balaban J connectivity index is 2.38. The van der Waals surface area contributed by atoms with E-state index in [0.717, 1.165) is 12.0 Å². The Hall–Kier alpha value is -1.26. The Morgan fingerprint density at radius 3 is 2.45 bits per heavy atom. The Labute approximate surface area is 128 Å².